The standard InChI is InChI=1S/C19H19N3/c1-12-5-6-16(14(3)9-12)18-19(15(4)11-20)22-8-7-13(2)10-17(22)21-18/h5-10,15H,1-4H3. The molecule has 0 aliphatic carbocycles. The van der Waals surface area contributed by atoms with Gasteiger partial charge < -0.3 is 4.40 Å². The molecule has 0 saturated heterocycles. The fourth-order valence-electron chi connectivity index (χ4n) is 2.92. The van der Waals surface area contributed by atoms with E-state index in [1.54, 1.807) is 0 Å². The van der Waals surface area contributed by atoms with E-state index in [2.05, 4.69) is 51.1 Å². The minimum Gasteiger partial charge on any atom is -0.302 e. The van der Waals surface area contributed by atoms with Crippen molar-refractivity contribution in [1.29, 1.82) is 5.26 Å². The van der Waals surface area contributed by atoms with Crippen LogP contribution in [0.1, 0.15) is 35.2 Å². The Labute approximate surface area is 130 Å². The molecule has 1 unspecified atom stereocenters. The molecule has 1 aromatic carbocycles. The van der Waals surface area contributed by atoms with Crippen LogP contribution in [-0.4, -0.2) is 9.38 Å². The Hall–Kier alpha value is -2.60. The van der Waals surface area contributed by atoms with Crippen molar-refractivity contribution < 1.29 is 0 Å². The first-order valence-corrected chi connectivity index (χ1v) is 7.47. The summed E-state index contributed by atoms with van der Waals surface area (Å²) in [4.78, 5) is 4.82. The van der Waals surface area contributed by atoms with Gasteiger partial charge in [-0.15, -0.1) is 0 Å². The number of hydrogen-bond acceptors (Lipinski definition) is 2. The molecule has 0 spiro atoms. The SMILES string of the molecule is Cc1ccc(-c2nc3cc(C)ccn3c2C(C)C#N)c(C)c1. The lowest BCUT2D eigenvalue weighted by molar-refractivity contribution is 0.899. The molecule has 0 radical (unpaired) electrons. The van der Waals surface area contributed by atoms with Crippen molar-refractivity contribution in [2.75, 3.05) is 0 Å². The van der Waals surface area contributed by atoms with Crippen LogP contribution in [0, 0.1) is 32.1 Å². The lowest BCUT2D eigenvalue weighted by Gasteiger charge is -2.09. The molecule has 0 aliphatic heterocycles. The Bertz CT molecular complexity index is 897. The largest absolute Gasteiger partial charge is 0.302 e. The molecule has 110 valence electrons. The molecule has 3 rings (SSSR count). The van der Waals surface area contributed by atoms with E-state index in [4.69, 9.17) is 4.98 Å². The summed E-state index contributed by atoms with van der Waals surface area (Å²) < 4.78 is 2.04. The Balaban J connectivity index is 2.35. The maximum absolute atomic E-state index is 9.41. The zero-order valence-corrected chi connectivity index (χ0v) is 13.4. The van der Waals surface area contributed by atoms with Crippen LogP contribution in [-0.2, 0) is 0 Å². The van der Waals surface area contributed by atoms with Crippen molar-refractivity contribution in [2.24, 2.45) is 0 Å². The summed E-state index contributed by atoms with van der Waals surface area (Å²) in [5.74, 6) is -0.214. The number of nitriles is 1. The molecule has 3 heteroatoms. The van der Waals surface area contributed by atoms with Crippen LogP contribution >= 0.6 is 0 Å². The number of imidazole rings is 1. The summed E-state index contributed by atoms with van der Waals surface area (Å²) >= 11 is 0. The maximum Gasteiger partial charge on any atom is 0.137 e. The van der Waals surface area contributed by atoms with Crippen molar-refractivity contribution >= 4 is 5.65 Å². The third-order valence-corrected chi connectivity index (χ3v) is 4.06. The van der Waals surface area contributed by atoms with E-state index in [1.807, 2.05) is 23.6 Å². The van der Waals surface area contributed by atoms with Crippen LogP contribution in [0.4, 0.5) is 0 Å². The number of rotatable bonds is 2. The Kier molecular flexibility index (Phi) is 3.46. The smallest absolute Gasteiger partial charge is 0.137 e. The first kappa shape index (κ1) is 14.3. The minimum absolute atomic E-state index is 0.214. The average molecular weight is 289 g/mol. The Morgan fingerprint density at radius 2 is 1.82 bits per heavy atom. The van der Waals surface area contributed by atoms with E-state index in [1.165, 1.54) is 16.7 Å². The van der Waals surface area contributed by atoms with Crippen LogP contribution in [0.5, 0.6) is 0 Å². The van der Waals surface area contributed by atoms with Gasteiger partial charge in [-0.25, -0.2) is 4.98 Å². The zero-order valence-electron chi connectivity index (χ0n) is 13.4. The molecule has 3 aromatic rings. The highest BCUT2D eigenvalue weighted by Crippen LogP contribution is 2.32. The van der Waals surface area contributed by atoms with E-state index >= 15 is 0 Å². The lowest BCUT2D eigenvalue weighted by Crippen LogP contribution is -1.99. The van der Waals surface area contributed by atoms with Crippen molar-refractivity contribution in [3.63, 3.8) is 0 Å². The minimum atomic E-state index is -0.214. The number of hydrogen-bond donors (Lipinski definition) is 0. The second kappa shape index (κ2) is 5.31. The van der Waals surface area contributed by atoms with Gasteiger partial charge in [-0.05, 0) is 51.0 Å². The molecular formula is C19H19N3. The van der Waals surface area contributed by atoms with E-state index in [-0.39, 0.29) is 5.92 Å². The number of pyridine rings is 1. The first-order valence-electron chi connectivity index (χ1n) is 7.47. The summed E-state index contributed by atoms with van der Waals surface area (Å²) in [5, 5.41) is 9.41. The summed E-state index contributed by atoms with van der Waals surface area (Å²) in [6, 6.07) is 12.8. The predicted octanol–water partition coefficient (Wildman–Crippen LogP) is 4.55. The van der Waals surface area contributed by atoms with E-state index in [0.717, 1.165) is 22.6 Å². The fourth-order valence-corrected chi connectivity index (χ4v) is 2.92. The van der Waals surface area contributed by atoms with E-state index < -0.39 is 0 Å². The molecule has 1 atom stereocenters. The van der Waals surface area contributed by atoms with Gasteiger partial charge in [0.05, 0.1) is 23.4 Å². The van der Waals surface area contributed by atoms with Crippen molar-refractivity contribution in [1.82, 2.24) is 9.38 Å². The highest BCUT2D eigenvalue weighted by Gasteiger charge is 2.20. The van der Waals surface area contributed by atoms with Crippen LogP contribution in [0.15, 0.2) is 36.5 Å². The summed E-state index contributed by atoms with van der Waals surface area (Å²) in [5.41, 5.74) is 7.46. The molecule has 3 nitrogen and oxygen atoms in total. The number of fused-ring (bicyclic) bond motifs is 1. The molecule has 0 N–H and O–H groups in total. The molecule has 0 amide bonds. The molecular weight excluding hydrogens is 270 g/mol. The van der Waals surface area contributed by atoms with Gasteiger partial charge in [0.15, 0.2) is 0 Å². The topological polar surface area (TPSA) is 41.1 Å². The molecule has 0 fully saturated rings. The van der Waals surface area contributed by atoms with Gasteiger partial charge in [0.1, 0.15) is 5.65 Å². The van der Waals surface area contributed by atoms with Crippen molar-refractivity contribution in [3.8, 4) is 17.3 Å². The number of nitrogens with zero attached hydrogens (tertiary/aromatic N) is 3. The van der Waals surface area contributed by atoms with Gasteiger partial charge in [0, 0.05) is 11.8 Å². The summed E-state index contributed by atoms with van der Waals surface area (Å²) in [6.07, 6.45) is 2.01. The third kappa shape index (κ3) is 2.27. The fraction of sp³-hybridized carbons (Fsp3) is 0.263. The number of benzene rings is 1. The number of aryl methyl sites for hydroxylation is 3. The lowest BCUT2D eigenvalue weighted by atomic mass is 9.98. The van der Waals surface area contributed by atoms with Crippen LogP contribution in [0.2, 0.25) is 0 Å². The molecule has 2 aromatic heterocycles. The predicted molar refractivity (Wildman–Crippen MR) is 88.9 cm³/mol. The van der Waals surface area contributed by atoms with Gasteiger partial charge in [-0.3, -0.25) is 0 Å². The van der Waals surface area contributed by atoms with Crippen LogP contribution in [0.25, 0.3) is 16.9 Å². The van der Waals surface area contributed by atoms with Crippen molar-refractivity contribution in [3.05, 3.63) is 58.9 Å². The molecule has 0 saturated carbocycles. The summed E-state index contributed by atoms with van der Waals surface area (Å²) in [6.45, 7) is 8.16. The van der Waals surface area contributed by atoms with Gasteiger partial charge in [-0.1, -0.05) is 23.8 Å². The molecule has 2 heterocycles. The highest BCUT2D eigenvalue weighted by atomic mass is 15.0. The second-order valence-electron chi connectivity index (χ2n) is 5.95. The Morgan fingerprint density at radius 3 is 2.50 bits per heavy atom. The molecule has 0 aliphatic rings. The highest BCUT2D eigenvalue weighted by molar-refractivity contribution is 5.71. The van der Waals surface area contributed by atoms with Crippen LogP contribution < -0.4 is 0 Å². The average Bonchev–Trinajstić information content (AvgIpc) is 2.84. The quantitative estimate of drug-likeness (QED) is 0.694. The van der Waals surface area contributed by atoms with Crippen LogP contribution in [0.3, 0.4) is 0 Å². The van der Waals surface area contributed by atoms with Crippen molar-refractivity contribution in [2.45, 2.75) is 33.6 Å². The Morgan fingerprint density at radius 1 is 1.09 bits per heavy atom. The van der Waals surface area contributed by atoms with Gasteiger partial charge in [-0.2, -0.15) is 5.26 Å². The number of aromatic nitrogens is 2. The monoisotopic (exact) mass is 289 g/mol. The second-order valence-corrected chi connectivity index (χ2v) is 5.95. The summed E-state index contributed by atoms with van der Waals surface area (Å²) in [7, 11) is 0. The molecule has 0 bridgehead atoms. The third-order valence-electron chi connectivity index (χ3n) is 4.06. The normalized spacial score (nSPS) is 12.3. The van der Waals surface area contributed by atoms with Gasteiger partial charge >= 0.3 is 0 Å². The first-order chi connectivity index (χ1) is 10.5. The van der Waals surface area contributed by atoms with Gasteiger partial charge in [0.25, 0.3) is 0 Å². The van der Waals surface area contributed by atoms with E-state index in [9.17, 15) is 5.26 Å². The van der Waals surface area contributed by atoms with E-state index in [0.29, 0.717) is 0 Å². The molecule has 22 heavy (non-hydrogen) atoms. The van der Waals surface area contributed by atoms with Gasteiger partial charge in [0.2, 0.25) is 0 Å². The zero-order chi connectivity index (χ0) is 15.9. The maximum atomic E-state index is 9.41.